The number of carbonyl (C=O) groups excluding carboxylic acids is 3. The zero-order valence-corrected chi connectivity index (χ0v) is 23.4. The SMILES string of the molecule is CNC(=O)Nc1ccc(S(=O)(=O)N2CCN([C@@H](CC3CCCCC3)C(=O)Nc3nccs3)C(=O)C2)cc1Cl. The average Bonchev–Trinajstić information content (AvgIpc) is 3.42. The summed E-state index contributed by atoms with van der Waals surface area (Å²) in [6.45, 7) is -0.260. The predicted molar refractivity (Wildman–Crippen MR) is 146 cm³/mol. The van der Waals surface area contributed by atoms with Crippen LogP contribution in [0.15, 0.2) is 34.7 Å². The topological polar surface area (TPSA) is 141 Å². The number of hydrogen-bond donors (Lipinski definition) is 3. The Labute approximate surface area is 231 Å². The number of piperazine rings is 1. The van der Waals surface area contributed by atoms with Gasteiger partial charge >= 0.3 is 6.03 Å². The molecule has 3 N–H and O–H groups in total. The van der Waals surface area contributed by atoms with E-state index in [1.807, 2.05) is 0 Å². The highest BCUT2D eigenvalue weighted by Gasteiger charge is 2.39. The van der Waals surface area contributed by atoms with Crippen LogP contribution in [0, 0.1) is 5.92 Å². The zero-order valence-electron chi connectivity index (χ0n) is 21.0. The van der Waals surface area contributed by atoms with Gasteiger partial charge in [0.15, 0.2) is 5.13 Å². The lowest BCUT2D eigenvalue weighted by Crippen LogP contribution is -2.58. The number of thiazole rings is 1. The van der Waals surface area contributed by atoms with Crippen LogP contribution in [0.5, 0.6) is 0 Å². The lowest BCUT2D eigenvalue weighted by molar-refractivity contribution is -0.142. The molecule has 0 unspecified atom stereocenters. The number of nitrogens with one attached hydrogen (secondary N) is 3. The molecular weight excluding hydrogens is 552 g/mol. The maximum absolute atomic E-state index is 13.3. The van der Waals surface area contributed by atoms with Gasteiger partial charge in [-0.2, -0.15) is 4.31 Å². The number of nitrogens with zero attached hydrogens (tertiary/aromatic N) is 3. The van der Waals surface area contributed by atoms with Gasteiger partial charge in [-0.15, -0.1) is 11.3 Å². The molecule has 38 heavy (non-hydrogen) atoms. The number of aromatic nitrogens is 1. The van der Waals surface area contributed by atoms with Gasteiger partial charge in [0.2, 0.25) is 21.8 Å². The van der Waals surface area contributed by atoms with Crippen molar-refractivity contribution in [3.63, 3.8) is 0 Å². The first-order valence-corrected chi connectivity index (χ1v) is 15.2. The van der Waals surface area contributed by atoms with Crippen molar-refractivity contribution in [1.82, 2.24) is 19.5 Å². The van der Waals surface area contributed by atoms with Crippen LogP contribution in [-0.4, -0.2) is 73.2 Å². The van der Waals surface area contributed by atoms with E-state index < -0.39 is 28.0 Å². The summed E-state index contributed by atoms with van der Waals surface area (Å²) in [4.78, 5) is 43.7. The molecule has 0 radical (unpaired) electrons. The molecule has 1 saturated carbocycles. The third kappa shape index (κ3) is 6.63. The van der Waals surface area contributed by atoms with Crippen molar-refractivity contribution in [3.05, 3.63) is 34.8 Å². The molecule has 1 aromatic carbocycles. The first-order valence-electron chi connectivity index (χ1n) is 12.5. The first kappa shape index (κ1) is 28.3. The number of amides is 4. The van der Waals surface area contributed by atoms with Crippen LogP contribution >= 0.6 is 22.9 Å². The summed E-state index contributed by atoms with van der Waals surface area (Å²) >= 11 is 7.50. The number of rotatable bonds is 8. The Morgan fingerprint density at radius 2 is 1.95 bits per heavy atom. The van der Waals surface area contributed by atoms with E-state index in [9.17, 15) is 22.8 Å². The van der Waals surface area contributed by atoms with Gasteiger partial charge in [0.1, 0.15) is 6.04 Å². The second-order valence-electron chi connectivity index (χ2n) is 9.35. The number of benzene rings is 1. The van der Waals surface area contributed by atoms with Crippen LogP contribution < -0.4 is 16.0 Å². The molecule has 1 saturated heterocycles. The zero-order chi connectivity index (χ0) is 27.3. The highest BCUT2D eigenvalue weighted by molar-refractivity contribution is 7.89. The lowest BCUT2D eigenvalue weighted by atomic mass is 9.84. The van der Waals surface area contributed by atoms with Crippen LogP contribution in [0.2, 0.25) is 5.02 Å². The highest BCUT2D eigenvalue weighted by Crippen LogP contribution is 2.31. The third-order valence-corrected chi connectivity index (χ3v) is 9.74. The fourth-order valence-electron chi connectivity index (χ4n) is 4.88. The molecule has 2 aliphatic rings. The van der Waals surface area contributed by atoms with Crippen LogP contribution in [0.1, 0.15) is 38.5 Å². The molecule has 1 aliphatic carbocycles. The predicted octanol–water partition coefficient (Wildman–Crippen LogP) is 3.36. The Morgan fingerprint density at radius 3 is 2.58 bits per heavy atom. The molecule has 2 heterocycles. The number of carbonyl (C=O) groups is 3. The molecule has 0 spiro atoms. The lowest BCUT2D eigenvalue weighted by Gasteiger charge is -2.39. The highest BCUT2D eigenvalue weighted by atomic mass is 35.5. The van der Waals surface area contributed by atoms with Crippen LogP contribution in [-0.2, 0) is 19.6 Å². The Bertz CT molecular complexity index is 1270. The standard InChI is InChI=1S/C24H31ClN6O5S2/c1-26-23(34)28-19-8-7-17(14-18(19)25)38(35,36)30-10-11-31(21(32)15-30)20(13-16-5-3-2-4-6-16)22(33)29-24-27-9-12-37-24/h7-9,12,14,16,20H,2-6,10-11,13,15H2,1H3,(H2,26,28,34)(H,27,29,33)/t20-/m0/s1. The monoisotopic (exact) mass is 582 g/mol. The van der Waals surface area contributed by atoms with Gasteiger partial charge in [0, 0.05) is 31.7 Å². The van der Waals surface area contributed by atoms with Crippen LogP contribution in [0.25, 0.3) is 0 Å². The van der Waals surface area contributed by atoms with Crippen molar-refractivity contribution in [2.75, 3.05) is 37.3 Å². The third-order valence-electron chi connectivity index (χ3n) is 6.90. The molecule has 0 bridgehead atoms. The fraction of sp³-hybridized carbons (Fsp3) is 0.500. The number of anilines is 2. The van der Waals surface area contributed by atoms with Crippen molar-refractivity contribution >= 4 is 61.6 Å². The van der Waals surface area contributed by atoms with Gasteiger partial charge in [-0.05, 0) is 30.5 Å². The van der Waals surface area contributed by atoms with E-state index >= 15 is 0 Å². The summed E-state index contributed by atoms with van der Waals surface area (Å²) in [5.74, 6) is -0.408. The normalized spacial score (nSPS) is 18.2. The summed E-state index contributed by atoms with van der Waals surface area (Å²) in [6, 6.07) is 2.77. The Kier molecular flexibility index (Phi) is 9.23. The van der Waals surface area contributed by atoms with E-state index in [0.29, 0.717) is 17.5 Å². The van der Waals surface area contributed by atoms with Crippen LogP contribution in [0.3, 0.4) is 0 Å². The van der Waals surface area contributed by atoms with Gasteiger partial charge in [-0.3, -0.25) is 9.59 Å². The van der Waals surface area contributed by atoms with E-state index in [4.69, 9.17) is 11.6 Å². The molecule has 11 nitrogen and oxygen atoms in total. The molecule has 2 aromatic rings. The Morgan fingerprint density at radius 1 is 1.18 bits per heavy atom. The molecule has 206 valence electrons. The molecule has 1 aromatic heterocycles. The number of sulfonamides is 1. The quantitative estimate of drug-likeness (QED) is 0.436. The van der Waals surface area contributed by atoms with Crippen molar-refractivity contribution < 1.29 is 22.8 Å². The van der Waals surface area contributed by atoms with E-state index in [1.54, 1.807) is 11.6 Å². The molecule has 14 heteroatoms. The molecular formula is C24H31ClN6O5S2. The Hall–Kier alpha value is -2.74. The number of hydrogen-bond acceptors (Lipinski definition) is 7. The molecule has 4 rings (SSSR count). The molecule has 1 aliphatic heterocycles. The second kappa shape index (κ2) is 12.4. The van der Waals surface area contributed by atoms with E-state index in [-0.39, 0.29) is 41.1 Å². The minimum Gasteiger partial charge on any atom is -0.341 e. The molecule has 1 atom stereocenters. The largest absolute Gasteiger partial charge is 0.341 e. The number of halogens is 1. The minimum absolute atomic E-state index is 0.0373. The summed E-state index contributed by atoms with van der Waals surface area (Å²) in [5.41, 5.74) is 0.252. The van der Waals surface area contributed by atoms with Gasteiger partial charge < -0.3 is 20.9 Å². The van der Waals surface area contributed by atoms with Gasteiger partial charge in [-0.1, -0.05) is 43.7 Å². The van der Waals surface area contributed by atoms with E-state index in [0.717, 1.165) is 30.0 Å². The van der Waals surface area contributed by atoms with Crippen LogP contribution in [0.4, 0.5) is 15.6 Å². The summed E-state index contributed by atoms with van der Waals surface area (Å²) < 4.78 is 27.7. The molecule has 2 fully saturated rings. The average molecular weight is 583 g/mol. The Balaban J connectivity index is 1.48. The second-order valence-corrected chi connectivity index (χ2v) is 12.6. The first-order chi connectivity index (χ1) is 18.2. The van der Waals surface area contributed by atoms with E-state index in [2.05, 4.69) is 20.9 Å². The van der Waals surface area contributed by atoms with Gasteiger partial charge in [0.25, 0.3) is 0 Å². The van der Waals surface area contributed by atoms with Crippen molar-refractivity contribution in [1.29, 1.82) is 0 Å². The summed E-state index contributed by atoms with van der Waals surface area (Å²) in [5, 5.41) is 9.99. The van der Waals surface area contributed by atoms with Crippen molar-refractivity contribution in [3.8, 4) is 0 Å². The fourth-order valence-corrected chi connectivity index (χ4v) is 7.11. The summed E-state index contributed by atoms with van der Waals surface area (Å²) in [6.07, 6.45) is 7.53. The maximum atomic E-state index is 13.3. The maximum Gasteiger partial charge on any atom is 0.319 e. The molecule has 4 amide bonds. The minimum atomic E-state index is -4.04. The van der Waals surface area contributed by atoms with Gasteiger partial charge in [0.05, 0.1) is 22.2 Å². The van der Waals surface area contributed by atoms with Gasteiger partial charge in [-0.25, -0.2) is 18.2 Å². The van der Waals surface area contributed by atoms with Crippen molar-refractivity contribution in [2.24, 2.45) is 5.92 Å². The van der Waals surface area contributed by atoms with E-state index in [1.165, 1.54) is 47.9 Å². The number of urea groups is 1. The summed E-state index contributed by atoms with van der Waals surface area (Å²) in [7, 11) is -2.60. The smallest absolute Gasteiger partial charge is 0.319 e. The van der Waals surface area contributed by atoms with Crippen molar-refractivity contribution in [2.45, 2.75) is 49.5 Å².